The first-order chi connectivity index (χ1) is 13.5. The molecule has 0 fully saturated rings. The molecule has 0 amide bonds. The summed E-state index contributed by atoms with van der Waals surface area (Å²) in [5.41, 5.74) is 3.61. The molecule has 0 saturated heterocycles. The van der Waals surface area contributed by atoms with Crippen LogP contribution in [0.3, 0.4) is 0 Å². The molecule has 2 aromatic rings. The van der Waals surface area contributed by atoms with Gasteiger partial charge >= 0.3 is 11.9 Å². The van der Waals surface area contributed by atoms with Gasteiger partial charge in [-0.1, -0.05) is 32.9 Å². The quantitative estimate of drug-likeness (QED) is 0.520. The number of esters is 2. The van der Waals surface area contributed by atoms with Crippen LogP contribution in [-0.4, -0.2) is 36.0 Å². The van der Waals surface area contributed by atoms with E-state index < -0.39 is 5.97 Å². The SMILES string of the molecule is COC(=O)CCn1c(C)cc(C(=O)COC(=O)c2ccc(C(C)(C)C)cc2)c1C. The first kappa shape index (κ1) is 22.4. The molecule has 0 N–H and O–H groups in total. The zero-order valence-corrected chi connectivity index (χ0v) is 18.0. The molecule has 29 heavy (non-hydrogen) atoms. The molecule has 2 rings (SSSR count). The number of aryl methyl sites for hydroxylation is 1. The van der Waals surface area contributed by atoms with Crippen LogP contribution in [0.25, 0.3) is 0 Å². The van der Waals surface area contributed by atoms with E-state index in [4.69, 9.17) is 4.74 Å². The summed E-state index contributed by atoms with van der Waals surface area (Å²) in [6.07, 6.45) is 0.222. The predicted molar refractivity (Wildman–Crippen MR) is 110 cm³/mol. The van der Waals surface area contributed by atoms with Crippen LogP contribution < -0.4 is 0 Å². The summed E-state index contributed by atoms with van der Waals surface area (Å²) < 4.78 is 11.8. The summed E-state index contributed by atoms with van der Waals surface area (Å²) in [4.78, 5) is 36.2. The number of ether oxygens (including phenoxy) is 2. The molecular weight excluding hydrogens is 370 g/mol. The lowest BCUT2D eigenvalue weighted by atomic mass is 9.87. The Morgan fingerprint density at radius 2 is 1.66 bits per heavy atom. The van der Waals surface area contributed by atoms with Crippen molar-refractivity contribution in [3.63, 3.8) is 0 Å². The van der Waals surface area contributed by atoms with Gasteiger partial charge in [0, 0.05) is 23.5 Å². The van der Waals surface area contributed by atoms with E-state index in [0.717, 1.165) is 17.0 Å². The molecule has 0 aliphatic heterocycles. The van der Waals surface area contributed by atoms with Gasteiger partial charge in [0.2, 0.25) is 5.78 Å². The number of Topliss-reactive ketones (excluding diaryl/α,β-unsaturated/α-hetero) is 1. The molecule has 6 nitrogen and oxygen atoms in total. The number of hydrogen-bond donors (Lipinski definition) is 0. The number of nitrogens with zero attached hydrogens (tertiary/aromatic N) is 1. The minimum Gasteiger partial charge on any atom is -0.469 e. The Morgan fingerprint density at radius 1 is 1.03 bits per heavy atom. The third kappa shape index (κ3) is 5.56. The molecule has 1 aromatic carbocycles. The summed E-state index contributed by atoms with van der Waals surface area (Å²) in [5.74, 6) is -1.11. The van der Waals surface area contributed by atoms with E-state index >= 15 is 0 Å². The molecule has 1 aromatic heterocycles. The van der Waals surface area contributed by atoms with E-state index in [1.165, 1.54) is 7.11 Å². The number of hydrogen-bond acceptors (Lipinski definition) is 5. The van der Waals surface area contributed by atoms with Gasteiger partial charge in [-0.05, 0) is 43.0 Å². The van der Waals surface area contributed by atoms with Crippen LogP contribution in [0.4, 0.5) is 0 Å². The number of benzene rings is 1. The van der Waals surface area contributed by atoms with E-state index in [2.05, 4.69) is 25.5 Å². The Labute approximate surface area is 171 Å². The Morgan fingerprint density at radius 3 is 2.21 bits per heavy atom. The van der Waals surface area contributed by atoms with E-state index in [1.807, 2.05) is 30.5 Å². The highest BCUT2D eigenvalue weighted by Crippen LogP contribution is 2.22. The normalized spacial score (nSPS) is 11.2. The van der Waals surface area contributed by atoms with Crippen molar-refractivity contribution >= 4 is 17.7 Å². The second-order valence-corrected chi connectivity index (χ2v) is 8.09. The lowest BCUT2D eigenvalue weighted by Gasteiger charge is -2.18. The molecule has 0 aliphatic rings. The maximum atomic E-state index is 12.6. The second kappa shape index (κ2) is 9.07. The van der Waals surface area contributed by atoms with E-state index in [-0.39, 0.29) is 30.2 Å². The summed E-state index contributed by atoms with van der Waals surface area (Å²) in [6.45, 7) is 10.1. The zero-order valence-electron chi connectivity index (χ0n) is 18.0. The second-order valence-electron chi connectivity index (χ2n) is 8.09. The molecule has 0 radical (unpaired) electrons. The number of rotatable bonds is 7. The highest BCUT2D eigenvalue weighted by molar-refractivity contribution is 6.00. The third-order valence-corrected chi connectivity index (χ3v) is 4.96. The van der Waals surface area contributed by atoms with Crippen LogP contribution in [0.1, 0.15) is 64.9 Å². The Bertz CT molecular complexity index is 901. The van der Waals surface area contributed by atoms with Gasteiger partial charge in [0.05, 0.1) is 19.1 Å². The minimum absolute atomic E-state index is 0.00515. The van der Waals surface area contributed by atoms with Gasteiger partial charge in [-0.3, -0.25) is 9.59 Å². The lowest BCUT2D eigenvalue weighted by Crippen LogP contribution is -2.16. The van der Waals surface area contributed by atoms with Crippen LogP contribution in [0.2, 0.25) is 0 Å². The number of carbonyl (C=O) groups is 3. The molecule has 0 aliphatic carbocycles. The standard InChI is InChI=1S/C23H29NO5/c1-15-13-19(16(2)24(15)12-11-21(26)28-6)20(25)14-29-22(27)17-7-9-18(10-8-17)23(3,4)5/h7-10,13H,11-12,14H2,1-6H3. The molecule has 0 unspecified atom stereocenters. The fraction of sp³-hybridized carbons (Fsp3) is 0.435. The fourth-order valence-electron chi connectivity index (χ4n) is 3.13. The average molecular weight is 399 g/mol. The summed E-state index contributed by atoms with van der Waals surface area (Å²) in [6, 6.07) is 8.97. The monoisotopic (exact) mass is 399 g/mol. The molecule has 1 heterocycles. The average Bonchev–Trinajstić information content (AvgIpc) is 2.97. The molecule has 6 heteroatoms. The molecule has 0 spiro atoms. The van der Waals surface area contributed by atoms with Gasteiger partial charge < -0.3 is 14.0 Å². The number of aromatic nitrogens is 1. The highest BCUT2D eigenvalue weighted by atomic mass is 16.5. The van der Waals surface area contributed by atoms with E-state index in [0.29, 0.717) is 17.7 Å². The van der Waals surface area contributed by atoms with Crippen molar-refractivity contribution < 1.29 is 23.9 Å². The van der Waals surface area contributed by atoms with E-state index in [1.54, 1.807) is 18.2 Å². The molecular formula is C23H29NO5. The van der Waals surface area contributed by atoms with Crippen LogP contribution in [0.5, 0.6) is 0 Å². The summed E-state index contributed by atoms with van der Waals surface area (Å²) >= 11 is 0. The number of methoxy groups -OCH3 is 1. The van der Waals surface area contributed by atoms with Gasteiger partial charge in [0.1, 0.15) is 0 Å². The third-order valence-electron chi connectivity index (χ3n) is 4.96. The fourth-order valence-corrected chi connectivity index (χ4v) is 3.13. The maximum absolute atomic E-state index is 12.6. The van der Waals surface area contributed by atoms with E-state index in [9.17, 15) is 14.4 Å². The van der Waals surface area contributed by atoms with Crippen molar-refractivity contribution in [2.24, 2.45) is 0 Å². The van der Waals surface area contributed by atoms with Crippen molar-refractivity contribution in [1.82, 2.24) is 4.57 Å². The molecule has 0 saturated carbocycles. The molecule has 0 bridgehead atoms. The largest absolute Gasteiger partial charge is 0.469 e. The zero-order chi connectivity index (χ0) is 21.8. The van der Waals surface area contributed by atoms with Gasteiger partial charge in [-0.15, -0.1) is 0 Å². The smallest absolute Gasteiger partial charge is 0.338 e. The minimum atomic E-state index is -0.529. The number of ketones is 1. The predicted octanol–water partition coefficient (Wildman–Crippen LogP) is 4.01. The van der Waals surface area contributed by atoms with Crippen molar-refractivity contribution in [2.45, 2.75) is 53.0 Å². The first-order valence-corrected chi connectivity index (χ1v) is 9.59. The molecule has 156 valence electrons. The Balaban J connectivity index is 2.02. The van der Waals surface area contributed by atoms with Crippen LogP contribution in [0.15, 0.2) is 30.3 Å². The highest BCUT2D eigenvalue weighted by Gasteiger charge is 2.19. The Hall–Kier alpha value is -2.89. The van der Waals surface area contributed by atoms with Crippen molar-refractivity contribution in [3.05, 3.63) is 58.4 Å². The van der Waals surface area contributed by atoms with Crippen LogP contribution in [0, 0.1) is 13.8 Å². The first-order valence-electron chi connectivity index (χ1n) is 9.59. The van der Waals surface area contributed by atoms with Gasteiger partial charge in [-0.2, -0.15) is 0 Å². The van der Waals surface area contributed by atoms with Crippen LogP contribution >= 0.6 is 0 Å². The lowest BCUT2D eigenvalue weighted by molar-refractivity contribution is -0.140. The topological polar surface area (TPSA) is 74.6 Å². The molecule has 0 atom stereocenters. The van der Waals surface area contributed by atoms with Gasteiger partial charge in [0.25, 0.3) is 0 Å². The Kier molecular flexibility index (Phi) is 7.01. The van der Waals surface area contributed by atoms with Gasteiger partial charge in [-0.25, -0.2) is 4.79 Å². The maximum Gasteiger partial charge on any atom is 0.338 e. The van der Waals surface area contributed by atoms with Crippen molar-refractivity contribution in [3.8, 4) is 0 Å². The van der Waals surface area contributed by atoms with Crippen LogP contribution in [-0.2, 0) is 26.2 Å². The summed E-state index contributed by atoms with van der Waals surface area (Å²) in [5, 5.41) is 0. The number of carbonyl (C=O) groups excluding carboxylic acids is 3. The summed E-state index contributed by atoms with van der Waals surface area (Å²) in [7, 11) is 1.34. The van der Waals surface area contributed by atoms with Crippen molar-refractivity contribution in [1.29, 1.82) is 0 Å². The van der Waals surface area contributed by atoms with Gasteiger partial charge in [0.15, 0.2) is 6.61 Å². The van der Waals surface area contributed by atoms with Crippen molar-refractivity contribution in [2.75, 3.05) is 13.7 Å².